The summed E-state index contributed by atoms with van der Waals surface area (Å²) in [6.07, 6.45) is -0.248. The number of piperidine rings is 1. The molecule has 0 saturated carbocycles. The van der Waals surface area contributed by atoms with Gasteiger partial charge in [-0.15, -0.1) is 10.2 Å². The van der Waals surface area contributed by atoms with Gasteiger partial charge in [0.25, 0.3) is 0 Å². The van der Waals surface area contributed by atoms with Crippen molar-refractivity contribution in [3.63, 3.8) is 0 Å². The van der Waals surface area contributed by atoms with Crippen LogP contribution in [0.15, 0.2) is 21.9 Å². The quantitative estimate of drug-likeness (QED) is 0.216. The van der Waals surface area contributed by atoms with Gasteiger partial charge in [-0.25, -0.2) is 26.7 Å². The first-order chi connectivity index (χ1) is 15.6. The van der Waals surface area contributed by atoms with Crippen molar-refractivity contribution in [3.8, 4) is 11.4 Å². The molecule has 2 aliphatic heterocycles. The van der Waals surface area contributed by atoms with Gasteiger partial charge >= 0.3 is 0 Å². The lowest BCUT2D eigenvalue weighted by Crippen LogP contribution is -2.40. The Kier molecular flexibility index (Phi) is 6.68. The number of aliphatic hydroxyl groups excluding tert-OH is 1. The monoisotopic (exact) mass is 501 g/mol. The summed E-state index contributed by atoms with van der Waals surface area (Å²) in [7, 11) is -8.96. The first kappa shape index (κ1) is 23.9. The number of aromatic amines is 1. The van der Waals surface area contributed by atoms with Gasteiger partial charge in [-0.05, 0) is 48.7 Å². The normalized spacial score (nSPS) is 22.3. The van der Waals surface area contributed by atoms with E-state index in [1.165, 1.54) is 12.1 Å². The second-order valence-corrected chi connectivity index (χ2v) is 11.5. The number of primary sulfonamides is 1. The third-order valence-corrected chi connectivity index (χ3v) is 8.66. The van der Waals surface area contributed by atoms with Gasteiger partial charge in [-0.3, -0.25) is 0 Å². The standard InChI is InChI=1S/C17H27N9O5S2/c18-5-12(27)8-21-33(30,31)14-2-1-13(26-4-3-10-6-20-7-11(10)9-26)15(16(14)32(19,28)29)17-22-24-25-23-17/h1-2,10-12,20-21,27H,3-9,18H2,(H2,19,28,29)(H,22,23,24,25). The number of aromatic nitrogens is 4. The number of rotatable bonds is 8. The number of sulfonamides is 2. The van der Waals surface area contributed by atoms with Crippen LogP contribution < -0.4 is 25.8 Å². The maximum Gasteiger partial charge on any atom is 0.242 e. The second-order valence-electron chi connectivity index (χ2n) is 8.22. The molecule has 182 valence electrons. The van der Waals surface area contributed by atoms with Gasteiger partial charge in [0.1, 0.15) is 9.79 Å². The number of tetrazole rings is 1. The summed E-state index contributed by atoms with van der Waals surface area (Å²) in [5, 5.41) is 32.2. The molecule has 14 nitrogen and oxygen atoms in total. The summed E-state index contributed by atoms with van der Waals surface area (Å²) in [5.74, 6) is 0.808. The number of nitrogens with zero attached hydrogens (tertiary/aromatic N) is 4. The molecule has 3 unspecified atom stereocenters. The average molecular weight is 502 g/mol. The Morgan fingerprint density at radius 1 is 1.24 bits per heavy atom. The molecular weight excluding hydrogens is 474 g/mol. The van der Waals surface area contributed by atoms with E-state index in [0.29, 0.717) is 30.6 Å². The lowest BCUT2D eigenvalue weighted by atomic mass is 9.88. The van der Waals surface area contributed by atoms with Crippen LogP contribution >= 0.6 is 0 Å². The Hall–Kier alpha value is -2.21. The van der Waals surface area contributed by atoms with Crippen molar-refractivity contribution in [1.29, 1.82) is 0 Å². The Bertz CT molecular complexity index is 1200. The van der Waals surface area contributed by atoms with Crippen molar-refractivity contribution >= 4 is 25.7 Å². The zero-order valence-corrected chi connectivity index (χ0v) is 19.3. The molecule has 1 aromatic carbocycles. The molecule has 8 N–H and O–H groups in total. The highest BCUT2D eigenvalue weighted by molar-refractivity contribution is 7.92. The van der Waals surface area contributed by atoms with E-state index in [9.17, 15) is 21.9 Å². The Balaban J connectivity index is 1.86. The van der Waals surface area contributed by atoms with E-state index in [2.05, 4.69) is 30.7 Å². The summed E-state index contributed by atoms with van der Waals surface area (Å²) >= 11 is 0. The molecule has 1 aromatic heterocycles. The lowest BCUT2D eigenvalue weighted by Gasteiger charge is -2.37. The van der Waals surface area contributed by atoms with Crippen molar-refractivity contribution in [2.75, 3.05) is 44.2 Å². The second kappa shape index (κ2) is 9.21. The fourth-order valence-corrected chi connectivity index (χ4v) is 7.08. The van der Waals surface area contributed by atoms with E-state index in [-0.39, 0.29) is 17.9 Å². The lowest BCUT2D eigenvalue weighted by molar-refractivity contribution is 0.186. The van der Waals surface area contributed by atoms with Crippen molar-refractivity contribution < 1.29 is 21.9 Å². The van der Waals surface area contributed by atoms with Gasteiger partial charge in [0.05, 0.1) is 11.7 Å². The maximum absolute atomic E-state index is 13.0. The summed E-state index contributed by atoms with van der Waals surface area (Å²) in [6.45, 7) is 2.51. The molecule has 3 heterocycles. The van der Waals surface area contributed by atoms with E-state index < -0.39 is 42.5 Å². The number of anilines is 1. The first-order valence-electron chi connectivity index (χ1n) is 10.4. The number of nitrogens with one attached hydrogen (secondary N) is 3. The fourth-order valence-electron chi connectivity index (χ4n) is 4.42. The highest BCUT2D eigenvalue weighted by atomic mass is 32.2. The van der Waals surface area contributed by atoms with Gasteiger partial charge < -0.3 is 21.1 Å². The Morgan fingerprint density at radius 2 is 2.00 bits per heavy atom. The molecule has 0 bridgehead atoms. The average Bonchev–Trinajstić information content (AvgIpc) is 3.47. The fraction of sp³-hybridized carbons (Fsp3) is 0.588. The summed E-state index contributed by atoms with van der Waals surface area (Å²) in [6, 6.07) is 2.71. The van der Waals surface area contributed by atoms with Crippen LogP contribution in [0.5, 0.6) is 0 Å². The number of benzene rings is 1. The van der Waals surface area contributed by atoms with Crippen LogP contribution in [0.4, 0.5) is 5.69 Å². The third-order valence-electron chi connectivity index (χ3n) is 6.07. The molecule has 2 fully saturated rings. The van der Waals surface area contributed by atoms with Crippen LogP contribution in [0.1, 0.15) is 6.42 Å². The molecule has 4 rings (SSSR count). The Morgan fingerprint density at radius 3 is 2.67 bits per heavy atom. The molecule has 16 heteroatoms. The van der Waals surface area contributed by atoms with Gasteiger partial charge in [0.2, 0.25) is 25.9 Å². The zero-order chi connectivity index (χ0) is 23.8. The summed E-state index contributed by atoms with van der Waals surface area (Å²) in [4.78, 5) is 0.786. The van der Waals surface area contributed by atoms with Crippen LogP contribution in [0.25, 0.3) is 11.4 Å². The number of hydrogen-bond acceptors (Lipinski definition) is 11. The zero-order valence-electron chi connectivity index (χ0n) is 17.7. The van der Waals surface area contributed by atoms with Crippen LogP contribution in [0.3, 0.4) is 0 Å². The van der Waals surface area contributed by atoms with E-state index in [1.54, 1.807) is 0 Å². The predicted molar refractivity (Wildman–Crippen MR) is 118 cm³/mol. The van der Waals surface area contributed by atoms with Gasteiger partial charge in [-0.2, -0.15) is 5.21 Å². The number of aliphatic hydroxyl groups is 1. The minimum absolute atomic E-state index is 0.0436. The predicted octanol–water partition coefficient (Wildman–Crippen LogP) is -2.84. The maximum atomic E-state index is 13.0. The molecule has 33 heavy (non-hydrogen) atoms. The molecular formula is C17H27N9O5S2. The molecule has 2 aliphatic rings. The van der Waals surface area contributed by atoms with Crippen LogP contribution in [-0.2, 0) is 20.0 Å². The highest BCUT2D eigenvalue weighted by Gasteiger charge is 2.37. The van der Waals surface area contributed by atoms with Gasteiger partial charge in [0.15, 0.2) is 0 Å². The Labute approximate surface area is 191 Å². The smallest absolute Gasteiger partial charge is 0.242 e. The molecule has 0 amide bonds. The van der Waals surface area contributed by atoms with Crippen molar-refractivity contribution in [3.05, 3.63) is 12.1 Å². The molecule has 2 saturated heterocycles. The minimum Gasteiger partial charge on any atom is -0.390 e. The molecule has 0 radical (unpaired) electrons. The highest BCUT2D eigenvalue weighted by Crippen LogP contribution is 2.40. The molecule has 0 spiro atoms. The van der Waals surface area contributed by atoms with Crippen molar-refractivity contribution in [2.24, 2.45) is 22.7 Å². The van der Waals surface area contributed by atoms with E-state index in [4.69, 9.17) is 10.9 Å². The van der Waals surface area contributed by atoms with Crippen molar-refractivity contribution in [2.45, 2.75) is 22.3 Å². The largest absolute Gasteiger partial charge is 0.390 e. The molecule has 0 aliphatic carbocycles. The van der Waals surface area contributed by atoms with Crippen LogP contribution in [0.2, 0.25) is 0 Å². The number of hydrogen-bond donors (Lipinski definition) is 6. The summed E-state index contributed by atoms with van der Waals surface area (Å²) in [5.41, 5.74) is 5.74. The van der Waals surface area contributed by atoms with E-state index >= 15 is 0 Å². The van der Waals surface area contributed by atoms with Crippen molar-refractivity contribution in [1.82, 2.24) is 30.7 Å². The van der Waals surface area contributed by atoms with Crippen LogP contribution in [-0.4, -0.2) is 87.9 Å². The number of fused-ring (bicyclic) bond motifs is 1. The number of nitrogens with two attached hydrogens (primary N) is 2. The number of H-pyrrole nitrogens is 1. The van der Waals surface area contributed by atoms with Gasteiger partial charge in [0, 0.05) is 31.9 Å². The molecule has 2 aromatic rings. The third kappa shape index (κ3) is 4.86. The topological polar surface area (TPSA) is 222 Å². The van der Waals surface area contributed by atoms with E-state index in [1.807, 2.05) is 4.90 Å². The van der Waals surface area contributed by atoms with Gasteiger partial charge in [-0.1, -0.05) is 0 Å². The molecule has 3 atom stereocenters. The minimum atomic E-state index is -4.56. The SMILES string of the molecule is NCC(O)CNS(=O)(=O)c1ccc(N2CCC3CNCC3C2)c(-c2nn[nH]n2)c1S(N)(=O)=O. The van der Waals surface area contributed by atoms with Crippen LogP contribution in [0, 0.1) is 11.8 Å². The van der Waals surface area contributed by atoms with E-state index in [0.717, 1.165) is 19.5 Å². The first-order valence-corrected chi connectivity index (χ1v) is 13.4. The summed E-state index contributed by atoms with van der Waals surface area (Å²) < 4.78 is 53.7.